The van der Waals surface area contributed by atoms with E-state index in [1.54, 1.807) is 0 Å². The van der Waals surface area contributed by atoms with Crippen molar-refractivity contribution in [3.05, 3.63) is 33.8 Å². The lowest BCUT2D eigenvalue weighted by atomic mass is 10.1. The molecule has 3 nitrogen and oxygen atoms in total. The molecule has 6 heteroatoms. The van der Waals surface area contributed by atoms with Gasteiger partial charge in [-0.2, -0.15) is 0 Å². The van der Waals surface area contributed by atoms with Crippen molar-refractivity contribution in [2.75, 3.05) is 13.1 Å². The van der Waals surface area contributed by atoms with Gasteiger partial charge < -0.3 is 10.6 Å². The molecule has 0 saturated heterocycles. The summed E-state index contributed by atoms with van der Waals surface area (Å²) in [6.07, 6.45) is 2.24. The largest absolute Gasteiger partial charge is 0.356 e. The smallest absolute Gasteiger partial charge is 0.191 e. The molecular formula is C13H16Cl2IN3. The SMILES string of the molecule is Clc1ccc([C@@H]2C[C@H]2NC2=NCCCN2)cc1Cl.I. The molecule has 1 aromatic carbocycles. The molecular weight excluding hydrogens is 396 g/mol. The quantitative estimate of drug-likeness (QED) is 0.731. The number of hydrogen-bond donors (Lipinski definition) is 2. The number of nitrogens with one attached hydrogen (secondary N) is 2. The van der Waals surface area contributed by atoms with Crippen molar-refractivity contribution >= 4 is 53.1 Å². The highest BCUT2D eigenvalue weighted by atomic mass is 127. The van der Waals surface area contributed by atoms with E-state index in [1.807, 2.05) is 12.1 Å². The first-order chi connectivity index (χ1) is 8.74. The van der Waals surface area contributed by atoms with Gasteiger partial charge in [0.15, 0.2) is 5.96 Å². The summed E-state index contributed by atoms with van der Waals surface area (Å²) in [5.41, 5.74) is 1.25. The molecule has 0 amide bonds. The third kappa shape index (κ3) is 3.67. The average Bonchev–Trinajstić information content (AvgIpc) is 3.13. The standard InChI is InChI=1S/C13H15Cl2N3.HI/c14-10-3-2-8(6-11(10)15)9-7-12(9)18-13-16-4-1-5-17-13;/h2-3,6,9,12H,1,4-5,7H2,(H2,16,17,18);1H/t9-,12+;/m0./s1. The van der Waals surface area contributed by atoms with Crippen molar-refractivity contribution in [1.29, 1.82) is 0 Å². The van der Waals surface area contributed by atoms with Gasteiger partial charge in [-0.25, -0.2) is 0 Å². The molecule has 0 aromatic heterocycles. The minimum absolute atomic E-state index is 0. The van der Waals surface area contributed by atoms with Gasteiger partial charge in [0.25, 0.3) is 0 Å². The topological polar surface area (TPSA) is 36.4 Å². The Hall–Kier alpha value is -0.200. The van der Waals surface area contributed by atoms with Gasteiger partial charge in [-0.05, 0) is 30.5 Å². The van der Waals surface area contributed by atoms with Gasteiger partial charge in [-0.15, -0.1) is 24.0 Å². The highest BCUT2D eigenvalue weighted by molar-refractivity contribution is 14.0. The lowest BCUT2D eigenvalue weighted by molar-refractivity contribution is 0.696. The summed E-state index contributed by atoms with van der Waals surface area (Å²) >= 11 is 12.0. The number of benzene rings is 1. The fourth-order valence-corrected chi connectivity index (χ4v) is 2.58. The predicted molar refractivity (Wildman–Crippen MR) is 91.1 cm³/mol. The molecule has 1 saturated carbocycles. The first-order valence-electron chi connectivity index (χ1n) is 6.24. The van der Waals surface area contributed by atoms with Gasteiger partial charge in [0.2, 0.25) is 0 Å². The molecule has 1 fully saturated rings. The fourth-order valence-electron chi connectivity index (χ4n) is 2.27. The molecule has 0 bridgehead atoms. The molecule has 19 heavy (non-hydrogen) atoms. The Morgan fingerprint density at radius 3 is 2.79 bits per heavy atom. The number of aliphatic imine (C=N–C) groups is 1. The van der Waals surface area contributed by atoms with Crippen LogP contribution in [0.3, 0.4) is 0 Å². The maximum atomic E-state index is 6.04. The zero-order valence-corrected chi connectivity index (χ0v) is 14.2. The summed E-state index contributed by atoms with van der Waals surface area (Å²) in [6.45, 7) is 1.93. The molecule has 1 aliphatic heterocycles. The number of halogens is 3. The predicted octanol–water partition coefficient (Wildman–Crippen LogP) is 3.41. The minimum atomic E-state index is 0. The highest BCUT2D eigenvalue weighted by Crippen LogP contribution is 2.42. The van der Waals surface area contributed by atoms with Crippen LogP contribution in [-0.4, -0.2) is 25.1 Å². The average molecular weight is 412 g/mol. The molecule has 1 aromatic rings. The Labute approximate surface area is 140 Å². The second-order valence-electron chi connectivity index (χ2n) is 4.78. The molecule has 2 atom stereocenters. The van der Waals surface area contributed by atoms with Crippen LogP contribution in [0.1, 0.15) is 24.3 Å². The van der Waals surface area contributed by atoms with Gasteiger partial charge in [-0.1, -0.05) is 29.3 Å². The van der Waals surface area contributed by atoms with E-state index in [9.17, 15) is 0 Å². The molecule has 2 N–H and O–H groups in total. The molecule has 0 unspecified atom stereocenters. The zero-order chi connectivity index (χ0) is 12.5. The summed E-state index contributed by atoms with van der Waals surface area (Å²) in [4.78, 5) is 4.42. The van der Waals surface area contributed by atoms with Crippen LogP contribution in [0, 0.1) is 0 Å². The van der Waals surface area contributed by atoms with Crippen molar-refractivity contribution in [2.24, 2.45) is 4.99 Å². The normalized spacial score (nSPS) is 24.8. The van der Waals surface area contributed by atoms with Crippen LogP contribution in [0.15, 0.2) is 23.2 Å². The van der Waals surface area contributed by atoms with Crippen molar-refractivity contribution in [3.63, 3.8) is 0 Å². The second kappa shape index (κ2) is 6.50. The molecule has 0 radical (unpaired) electrons. The monoisotopic (exact) mass is 411 g/mol. The summed E-state index contributed by atoms with van der Waals surface area (Å²) in [5.74, 6) is 1.46. The Morgan fingerprint density at radius 2 is 2.11 bits per heavy atom. The molecule has 1 aliphatic carbocycles. The fraction of sp³-hybridized carbons (Fsp3) is 0.462. The van der Waals surface area contributed by atoms with Crippen molar-refractivity contribution in [1.82, 2.24) is 10.6 Å². The van der Waals surface area contributed by atoms with E-state index in [4.69, 9.17) is 23.2 Å². The number of rotatable bonds is 2. The Morgan fingerprint density at radius 1 is 1.26 bits per heavy atom. The third-order valence-electron chi connectivity index (χ3n) is 3.38. The lowest BCUT2D eigenvalue weighted by Gasteiger charge is -2.16. The van der Waals surface area contributed by atoms with Crippen LogP contribution in [0.5, 0.6) is 0 Å². The molecule has 2 aliphatic rings. The zero-order valence-electron chi connectivity index (χ0n) is 10.3. The van der Waals surface area contributed by atoms with E-state index in [2.05, 4.69) is 21.7 Å². The minimum Gasteiger partial charge on any atom is -0.356 e. The van der Waals surface area contributed by atoms with E-state index in [0.717, 1.165) is 31.9 Å². The lowest BCUT2D eigenvalue weighted by Crippen LogP contribution is -2.42. The van der Waals surface area contributed by atoms with Crippen LogP contribution in [0.25, 0.3) is 0 Å². The first-order valence-corrected chi connectivity index (χ1v) is 6.99. The highest BCUT2D eigenvalue weighted by Gasteiger charge is 2.39. The summed E-state index contributed by atoms with van der Waals surface area (Å²) in [7, 11) is 0. The number of hydrogen-bond acceptors (Lipinski definition) is 3. The molecule has 0 spiro atoms. The van der Waals surface area contributed by atoms with Crippen LogP contribution in [0.4, 0.5) is 0 Å². The van der Waals surface area contributed by atoms with E-state index in [1.165, 1.54) is 5.56 Å². The van der Waals surface area contributed by atoms with Crippen LogP contribution >= 0.6 is 47.2 Å². The van der Waals surface area contributed by atoms with E-state index >= 15 is 0 Å². The van der Waals surface area contributed by atoms with Gasteiger partial charge >= 0.3 is 0 Å². The van der Waals surface area contributed by atoms with Crippen molar-refractivity contribution in [3.8, 4) is 0 Å². The van der Waals surface area contributed by atoms with Crippen molar-refractivity contribution < 1.29 is 0 Å². The first kappa shape index (κ1) is 15.2. The van der Waals surface area contributed by atoms with Crippen molar-refractivity contribution in [2.45, 2.75) is 24.8 Å². The molecule has 3 rings (SSSR count). The van der Waals surface area contributed by atoms with E-state index in [-0.39, 0.29) is 24.0 Å². The van der Waals surface area contributed by atoms with Gasteiger partial charge in [0.05, 0.1) is 10.0 Å². The van der Waals surface area contributed by atoms with Crippen LogP contribution in [0.2, 0.25) is 10.0 Å². The molecule has 1 heterocycles. The van der Waals surface area contributed by atoms with Gasteiger partial charge in [0, 0.05) is 25.0 Å². The van der Waals surface area contributed by atoms with Crippen LogP contribution < -0.4 is 10.6 Å². The number of guanidine groups is 1. The number of nitrogens with zero attached hydrogens (tertiary/aromatic N) is 1. The summed E-state index contributed by atoms with van der Waals surface area (Å²) in [6, 6.07) is 6.35. The Bertz CT molecular complexity index is 493. The molecule has 104 valence electrons. The van der Waals surface area contributed by atoms with Crippen LogP contribution in [-0.2, 0) is 0 Å². The van der Waals surface area contributed by atoms with E-state index in [0.29, 0.717) is 22.0 Å². The van der Waals surface area contributed by atoms with Gasteiger partial charge in [0.1, 0.15) is 0 Å². The summed E-state index contributed by atoms with van der Waals surface area (Å²) < 4.78 is 0. The van der Waals surface area contributed by atoms with E-state index < -0.39 is 0 Å². The van der Waals surface area contributed by atoms with Gasteiger partial charge in [-0.3, -0.25) is 4.99 Å². The maximum absolute atomic E-state index is 6.04. The second-order valence-corrected chi connectivity index (χ2v) is 5.59. The Kier molecular flexibility index (Phi) is 5.20. The summed E-state index contributed by atoms with van der Waals surface area (Å²) in [5, 5.41) is 7.96. The Balaban J connectivity index is 0.00000133. The maximum Gasteiger partial charge on any atom is 0.191 e. The third-order valence-corrected chi connectivity index (χ3v) is 4.12.